The minimum atomic E-state index is -1.09. The molecule has 6 heteroatoms. The van der Waals surface area contributed by atoms with Gasteiger partial charge in [-0.05, 0) is 0 Å². The van der Waals surface area contributed by atoms with Crippen LogP contribution in [0.2, 0.25) is 0 Å². The zero-order valence-corrected chi connectivity index (χ0v) is 8.37. The van der Waals surface area contributed by atoms with Crippen LogP contribution in [0.3, 0.4) is 0 Å². The van der Waals surface area contributed by atoms with Gasteiger partial charge in [-0.1, -0.05) is 0 Å². The molecule has 0 saturated carbocycles. The van der Waals surface area contributed by atoms with E-state index in [0.29, 0.717) is 12.4 Å². The molecule has 6 nitrogen and oxygen atoms in total. The predicted molar refractivity (Wildman–Crippen MR) is 53.9 cm³/mol. The summed E-state index contributed by atoms with van der Waals surface area (Å²) in [6, 6.07) is 0. The van der Waals surface area contributed by atoms with Crippen LogP contribution in [-0.4, -0.2) is 34.6 Å². The standard InChI is InChI=1S/C9H12N4O2/c1-10-7-5-4-11-3-2-6(5)12-8(13-7)9(14)15/h11H,2-4H2,1H3,(H,14,15)(H,10,12,13). The summed E-state index contributed by atoms with van der Waals surface area (Å²) in [6.07, 6.45) is 0.743. The summed E-state index contributed by atoms with van der Waals surface area (Å²) < 4.78 is 0. The van der Waals surface area contributed by atoms with Gasteiger partial charge in [0, 0.05) is 32.1 Å². The van der Waals surface area contributed by atoms with E-state index in [0.717, 1.165) is 24.2 Å². The Morgan fingerprint density at radius 3 is 3.00 bits per heavy atom. The fourth-order valence-corrected chi connectivity index (χ4v) is 1.65. The molecular formula is C9H12N4O2. The number of carboxylic acid groups (broad SMARTS) is 1. The molecule has 80 valence electrons. The van der Waals surface area contributed by atoms with Gasteiger partial charge in [-0.15, -0.1) is 0 Å². The van der Waals surface area contributed by atoms with E-state index in [1.165, 1.54) is 0 Å². The third-order valence-corrected chi connectivity index (χ3v) is 2.36. The molecule has 0 aliphatic carbocycles. The third-order valence-electron chi connectivity index (χ3n) is 2.36. The van der Waals surface area contributed by atoms with Gasteiger partial charge in [-0.2, -0.15) is 0 Å². The molecule has 0 bridgehead atoms. The van der Waals surface area contributed by atoms with Crippen molar-refractivity contribution >= 4 is 11.8 Å². The fourth-order valence-electron chi connectivity index (χ4n) is 1.65. The largest absolute Gasteiger partial charge is 0.475 e. The van der Waals surface area contributed by atoms with Gasteiger partial charge >= 0.3 is 5.97 Å². The predicted octanol–water partition coefficient (Wildman–Crippen LogP) is -0.138. The van der Waals surface area contributed by atoms with E-state index >= 15 is 0 Å². The lowest BCUT2D eigenvalue weighted by atomic mass is 10.1. The van der Waals surface area contributed by atoms with E-state index in [-0.39, 0.29) is 5.82 Å². The Balaban J connectivity index is 2.52. The summed E-state index contributed by atoms with van der Waals surface area (Å²) in [5.41, 5.74) is 1.79. The molecular weight excluding hydrogens is 196 g/mol. The summed E-state index contributed by atoms with van der Waals surface area (Å²) in [4.78, 5) is 18.8. The third kappa shape index (κ3) is 1.75. The van der Waals surface area contributed by atoms with Gasteiger partial charge in [0.2, 0.25) is 5.82 Å². The fraction of sp³-hybridized carbons (Fsp3) is 0.444. The molecule has 1 aliphatic heterocycles. The highest BCUT2D eigenvalue weighted by Gasteiger charge is 2.19. The second-order valence-electron chi connectivity index (χ2n) is 3.30. The molecule has 0 saturated heterocycles. The van der Waals surface area contributed by atoms with Gasteiger partial charge < -0.3 is 15.7 Å². The molecule has 2 heterocycles. The van der Waals surface area contributed by atoms with Gasteiger partial charge in [-0.3, -0.25) is 0 Å². The minimum absolute atomic E-state index is 0.139. The number of rotatable bonds is 2. The highest BCUT2D eigenvalue weighted by molar-refractivity contribution is 5.83. The SMILES string of the molecule is CNc1nc(C(=O)O)nc2c1CNCC2. The van der Waals surface area contributed by atoms with Crippen molar-refractivity contribution in [2.45, 2.75) is 13.0 Å². The highest BCUT2D eigenvalue weighted by Crippen LogP contribution is 2.19. The van der Waals surface area contributed by atoms with Gasteiger partial charge in [0.1, 0.15) is 5.82 Å². The summed E-state index contributed by atoms with van der Waals surface area (Å²) in [5, 5.41) is 14.9. The number of fused-ring (bicyclic) bond motifs is 1. The highest BCUT2D eigenvalue weighted by atomic mass is 16.4. The number of hydrogen-bond acceptors (Lipinski definition) is 5. The van der Waals surface area contributed by atoms with Crippen LogP contribution in [0.15, 0.2) is 0 Å². The van der Waals surface area contributed by atoms with Gasteiger partial charge in [0.15, 0.2) is 0 Å². The van der Waals surface area contributed by atoms with Crippen molar-refractivity contribution in [1.82, 2.24) is 15.3 Å². The van der Waals surface area contributed by atoms with Crippen LogP contribution in [0.5, 0.6) is 0 Å². The number of anilines is 1. The molecule has 0 fully saturated rings. The van der Waals surface area contributed by atoms with Crippen LogP contribution >= 0.6 is 0 Å². The van der Waals surface area contributed by atoms with Crippen molar-refractivity contribution in [2.24, 2.45) is 0 Å². The van der Waals surface area contributed by atoms with Crippen molar-refractivity contribution in [3.63, 3.8) is 0 Å². The second-order valence-corrected chi connectivity index (χ2v) is 3.30. The van der Waals surface area contributed by atoms with Crippen LogP contribution in [0.25, 0.3) is 0 Å². The van der Waals surface area contributed by atoms with Crippen molar-refractivity contribution in [1.29, 1.82) is 0 Å². The molecule has 0 atom stereocenters. The first kappa shape index (κ1) is 9.85. The van der Waals surface area contributed by atoms with E-state index in [2.05, 4.69) is 20.6 Å². The minimum Gasteiger partial charge on any atom is -0.475 e. The van der Waals surface area contributed by atoms with E-state index in [1.807, 2.05) is 0 Å². The zero-order valence-electron chi connectivity index (χ0n) is 8.37. The van der Waals surface area contributed by atoms with E-state index in [1.54, 1.807) is 7.05 Å². The maximum Gasteiger partial charge on any atom is 0.374 e. The maximum absolute atomic E-state index is 10.8. The molecule has 2 rings (SSSR count). The van der Waals surface area contributed by atoms with Crippen molar-refractivity contribution in [3.05, 3.63) is 17.1 Å². The summed E-state index contributed by atoms with van der Waals surface area (Å²) in [5.74, 6) is -0.627. The summed E-state index contributed by atoms with van der Waals surface area (Å²) in [7, 11) is 1.73. The first-order chi connectivity index (χ1) is 7.22. The molecule has 3 N–H and O–H groups in total. The van der Waals surface area contributed by atoms with Crippen molar-refractivity contribution < 1.29 is 9.90 Å². The molecule has 0 radical (unpaired) electrons. The van der Waals surface area contributed by atoms with E-state index < -0.39 is 5.97 Å². The Hall–Kier alpha value is -1.69. The number of carbonyl (C=O) groups is 1. The lowest BCUT2D eigenvalue weighted by molar-refractivity contribution is 0.0683. The molecule has 0 spiro atoms. The molecule has 15 heavy (non-hydrogen) atoms. The average molecular weight is 208 g/mol. The first-order valence-electron chi connectivity index (χ1n) is 4.74. The Kier molecular flexibility index (Phi) is 2.51. The Bertz CT molecular complexity index is 388. The maximum atomic E-state index is 10.8. The quantitative estimate of drug-likeness (QED) is 0.627. The smallest absolute Gasteiger partial charge is 0.374 e. The number of hydrogen-bond donors (Lipinski definition) is 3. The number of carboxylic acids is 1. The number of nitrogens with one attached hydrogen (secondary N) is 2. The molecule has 1 aromatic rings. The molecule has 1 aromatic heterocycles. The Morgan fingerprint density at radius 1 is 1.53 bits per heavy atom. The van der Waals surface area contributed by atoms with E-state index in [9.17, 15) is 4.79 Å². The monoisotopic (exact) mass is 208 g/mol. The lowest BCUT2D eigenvalue weighted by Gasteiger charge is -2.18. The van der Waals surface area contributed by atoms with Crippen LogP contribution in [0, 0.1) is 0 Å². The second kappa shape index (κ2) is 3.82. The summed E-state index contributed by atoms with van der Waals surface area (Å²) in [6.45, 7) is 1.51. The van der Waals surface area contributed by atoms with Crippen LogP contribution in [0.1, 0.15) is 21.9 Å². The van der Waals surface area contributed by atoms with Crippen LogP contribution in [0.4, 0.5) is 5.82 Å². The first-order valence-corrected chi connectivity index (χ1v) is 4.74. The Morgan fingerprint density at radius 2 is 2.33 bits per heavy atom. The Labute approximate surface area is 86.7 Å². The lowest BCUT2D eigenvalue weighted by Crippen LogP contribution is -2.27. The average Bonchev–Trinajstić information content (AvgIpc) is 2.27. The number of nitrogens with zero attached hydrogens (tertiary/aromatic N) is 2. The molecule has 0 unspecified atom stereocenters. The van der Waals surface area contributed by atoms with Crippen LogP contribution < -0.4 is 10.6 Å². The topological polar surface area (TPSA) is 87.1 Å². The molecule has 1 aliphatic rings. The van der Waals surface area contributed by atoms with Gasteiger partial charge in [-0.25, -0.2) is 14.8 Å². The zero-order chi connectivity index (χ0) is 10.8. The van der Waals surface area contributed by atoms with E-state index in [4.69, 9.17) is 5.11 Å². The normalized spacial score (nSPS) is 14.5. The molecule has 0 amide bonds. The van der Waals surface area contributed by atoms with Crippen molar-refractivity contribution in [3.8, 4) is 0 Å². The van der Waals surface area contributed by atoms with Gasteiger partial charge in [0.05, 0.1) is 5.69 Å². The number of aromatic nitrogens is 2. The molecule has 0 aromatic carbocycles. The van der Waals surface area contributed by atoms with Gasteiger partial charge in [0.25, 0.3) is 0 Å². The van der Waals surface area contributed by atoms with Crippen LogP contribution in [-0.2, 0) is 13.0 Å². The van der Waals surface area contributed by atoms with Crippen molar-refractivity contribution in [2.75, 3.05) is 18.9 Å². The summed E-state index contributed by atoms with van der Waals surface area (Å²) >= 11 is 0. The number of aromatic carboxylic acids is 1.